The first-order valence-electron chi connectivity index (χ1n) is 5.22. The Hall–Kier alpha value is -1.71. The van der Waals surface area contributed by atoms with Gasteiger partial charge in [-0.15, -0.1) is 0 Å². The average Bonchev–Trinajstić information content (AvgIpc) is 2.28. The van der Waals surface area contributed by atoms with Gasteiger partial charge in [-0.2, -0.15) is 0 Å². The highest BCUT2D eigenvalue weighted by atomic mass is 16.5. The molecule has 0 aromatic heterocycles. The molecule has 0 heterocycles. The fraction of sp³-hybridized carbons (Fsp3) is 0.417. The monoisotopic (exact) mass is 223 g/mol. The highest BCUT2D eigenvalue weighted by Crippen LogP contribution is 2.25. The van der Waals surface area contributed by atoms with Crippen LogP contribution < -0.4 is 9.64 Å². The van der Waals surface area contributed by atoms with E-state index in [4.69, 9.17) is 9.84 Å². The summed E-state index contributed by atoms with van der Waals surface area (Å²) >= 11 is 0. The number of ether oxygens (including phenoxy) is 1. The second kappa shape index (κ2) is 5.39. The minimum Gasteiger partial charge on any atom is -0.497 e. The molecule has 0 aliphatic heterocycles. The first-order valence-corrected chi connectivity index (χ1v) is 5.22. The molecule has 0 spiro atoms. The molecule has 0 unspecified atom stereocenters. The Bertz CT molecular complexity index is 377. The second-order valence-corrected chi connectivity index (χ2v) is 3.61. The van der Waals surface area contributed by atoms with Gasteiger partial charge in [-0.05, 0) is 18.6 Å². The van der Waals surface area contributed by atoms with Crippen molar-refractivity contribution in [2.45, 2.75) is 13.3 Å². The summed E-state index contributed by atoms with van der Waals surface area (Å²) in [6.45, 7) is 2.87. The van der Waals surface area contributed by atoms with Crippen LogP contribution in [0, 0.1) is 0 Å². The number of hydrogen-bond donors (Lipinski definition) is 1. The molecule has 0 radical (unpaired) electrons. The molecule has 0 aliphatic carbocycles. The summed E-state index contributed by atoms with van der Waals surface area (Å²) in [5, 5.41) is 9.08. The molecule has 0 fully saturated rings. The second-order valence-electron chi connectivity index (χ2n) is 3.61. The van der Waals surface area contributed by atoms with Crippen molar-refractivity contribution in [3.05, 3.63) is 23.8 Å². The summed E-state index contributed by atoms with van der Waals surface area (Å²) in [7, 11) is 3.45. The third kappa shape index (κ3) is 2.66. The molecule has 1 rings (SSSR count). The van der Waals surface area contributed by atoms with Gasteiger partial charge in [-0.3, -0.25) is 0 Å². The lowest BCUT2D eigenvalue weighted by molar-refractivity contribution is 0.0697. The Morgan fingerprint density at radius 2 is 2.19 bits per heavy atom. The maximum absolute atomic E-state index is 11.1. The Morgan fingerprint density at radius 1 is 1.50 bits per heavy atom. The minimum absolute atomic E-state index is 0.303. The lowest BCUT2D eigenvalue weighted by Gasteiger charge is -2.21. The van der Waals surface area contributed by atoms with Gasteiger partial charge in [0.25, 0.3) is 0 Å². The van der Waals surface area contributed by atoms with Crippen LogP contribution in [-0.2, 0) is 0 Å². The molecule has 88 valence electrons. The van der Waals surface area contributed by atoms with E-state index < -0.39 is 5.97 Å². The van der Waals surface area contributed by atoms with E-state index in [1.165, 1.54) is 0 Å². The van der Waals surface area contributed by atoms with Crippen molar-refractivity contribution >= 4 is 11.7 Å². The number of benzene rings is 1. The van der Waals surface area contributed by atoms with Crippen LogP contribution >= 0.6 is 0 Å². The Kier molecular flexibility index (Phi) is 4.17. The Balaban J connectivity index is 3.14. The lowest BCUT2D eigenvalue weighted by atomic mass is 10.1. The third-order valence-corrected chi connectivity index (χ3v) is 2.41. The smallest absolute Gasteiger partial charge is 0.337 e. The normalized spacial score (nSPS) is 9.94. The molecule has 1 aromatic rings. The molecule has 0 amide bonds. The van der Waals surface area contributed by atoms with E-state index in [9.17, 15) is 4.79 Å². The third-order valence-electron chi connectivity index (χ3n) is 2.41. The highest BCUT2D eigenvalue weighted by molar-refractivity contribution is 5.94. The molecule has 4 heteroatoms. The SMILES string of the molecule is CCCN(C)c1cc(OC)ccc1C(=O)O. The first kappa shape index (κ1) is 12.4. The number of methoxy groups -OCH3 is 1. The zero-order chi connectivity index (χ0) is 12.1. The minimum atomic E-state index is -0.916. The van der Waals surface area contributed by atoms with Crippen LogP contribution in [0.15, 0.2) is 18.2 Å². The summed E-state index contributed by atoms with van der Waals surface area (Å²) in [6, 6.07) is 4.98. The molecule has 0 saturated heterocycles. The summed E-state index contributed by atoms with van der Waals surface area (Å²) < 4.78 is 5.10. The number of rotatable bonds is 5. The average molecular weight is 223 g/mol. The van der Waals surface area contributed by atoms with Gasteiger partial charge in [0.05, 0.1) is 18.4 Å². The summed E-state index contributed by atoms with van der Waals surface area (Å²) in [5.74, 6) is -0.247. The van der Waals surface area contributed by atoms with Crippen LogP contribution in [0.25, 0.3) is 0 Å². The van der Waals surface area contributed by atoms with E-state index in [0.717, 1.165) is 13.0 Å². The number of carboxylic acids is 1. The van der Waals surface area contributed by atoms with Gasteiger partial charge in [0.1, 0.15) is 5.75 Å². The van der Waals surface area contributed by atoms with E-state index >= 15 is 0 Å². The van der Waals surface area contributed by atoms with Gasteiger partial charge in [-0.25, -0.2) is 4.79 Å². The largest absolute Gasteiger partial charge is 0.497 e. The summed E-state index contributed by atoms with van der Waals surface area (Å²) in [4.78, 5) is 13.0. The zero-order valence-corrected chi connectivity index (χ0v) is 9.86. The molecule has 0 aliphatic rings. The maximum Gasteiger partial charge on any atom is 0.337 e. The van der Waals surface area contributed by atoms with Crippen molar-refractivity contribution in [3.8, 4) is 5.75 Å². The van der Waals surface area contributed by atoms with Crippen molar-refractivity contribution < 1.29 is 14.6 Å². The van der Waals surface area contributed by atoms with E-state index in [0.29, 0.717) is 17.0 Å². The quantitative estimate of drug-likeness (QED) is 0.831. The molecule has 1 aromatic carbocycles. The van der Waals surface area contributed by atoms with Crippen molar-refractivity contribution in [2.75, 3.05) is 25.6 Å². The fourth-order valence-corrected chi connectivity index (χ4v) is 1.59. The Morgan fingerprint density at radius 3 is 2.69 bits per heavy atom. The van der Waals surface area contributed by atoms with Gasteiger partial charge in [0.2, 0.25) is 0 Å². The number of carbonyl (C=O) groups is 1. The van der Waals surface area contributed by atoms with Gasteiger partial charge in [0.15, 0.2) is 0 Å². The van der Waals surface area contributed by atoms with Crippen LogP contribution in [0.5, 0.6) is 5.75 Å². The van der Waals surface area contributed by atoms with Gasteiger partial charge >= 0.3 is 5.97 Å². The maximum atomic E-state index is 11.1. The number of nitrogens with zero attached hydrogens (tertiary/aromatic N) is 1. The number of anilines is 1. The van der Waals surface area contributed by atoms with Crippen LogP contribution in [0.2, 0.25) is 0 Å². The molecule has 0 bridgehead atoms. The first-order chi connectivity index (χ1) is 7.60. The number of carboxylic acid groups (broad SMARTS) is 1. The van der Waals surface area contributed by atoms with E-state index in [2.05, 4.69) is 6.92 Å². The molecular weight excluding hydrogens is 206 g/mol. The van der Waals surface area contributed by atoms with Gasteiger partial charge < -0.3 is 14.7 Å². The number of aromatic carboxylic acids is 1. The predicted octanol–water partition coefficient (Wildman–Crippen LogP) is 2.24. The summed E-state index contributed by atoms with van der Waals surface area (Å²) in [5.41, 5.74) is 0.991. The van der Waals surface area contributed by atoms with E-state index in [-0.39, 0.29) is 0 Å². The van der Waals surface area contributed by atoms with E-state index in [1.54, 1.807) is 25.3 Å². The molecule has 4 nitrogen and oxygen atoms in total. The fourth-order valence-electron chi connectivity index (χ4n) is 1.59. The lowest BCUT2D eigenvalue weighted by Crippen LogP contribution is -2.20. The van der Waals surface area contributed by atoms with Gasteiger partial charge in [-0.1, -0.05) is 6.92 Å². The van der Waals surface area contributed by atoms with E-state index in [1.807, 2.05) is 11.9 Å². The van der Waals surface area contributed by atoms with Crippen LogP contribution in [0.1, 0.15) is 23.7 Å². The zero-order valence-electron chi connectivity index (χ0n) is 9.86. The molecular formula is C12H17NO3. The van der Waals surface area contributed by atoms with Crippen molar-refractivity contribution in [1.29, 1.82) is 0 Å². The van der Waals surface area contributed by atoms with Crippen molar-refractivity contribution in [1.82, 2.24) is 0 Å². The van der Waals surface area contributed by atoms with Crippen LogP contribution in [0.3, 0.4) is 0 Å². The van der Waals surface area contributed by atoms with Crippen LogP contribution in [-0.4, -0.2) is 31.8 Å². The van der Waals surface area contributed by atoms with Crippen LogP contribution in [0.4, 0.5) is 5.69 Å². The van der Waals surface area contributed by atoms with Gasteiger partial charge in [0, 0.05) is 19.7 Å². The number of hydrogen-bond acceptors (Lipinski definition) is 3. The molecule has 1 N–H and O–H groups in total. The molecule has 16 heavy (non-hydrogen) atoms. The van der Waals surface area contributed by atoms with Crippen molar-refractivity contribution in [3.63, 3.8) is 0 Å². The molecule has 0 atom stereocenters. The highest BCUT2D eigenvalue weighted by Gasteiger charge is 2.13. The standard InChI is InChI=1S/C12H17NO3/c1-4-7-13(2)11-8-9(16-3)5-6-10(11)12(14)15/h5-6,8H,4,7H2,1-3H3,(H,14,15). The predicted molar refractivity (Wildman–Crippen MR) is 63.5 cm³/mol. The Labute approximate surface area is 95.5 Å². The molecule has 0 saturated carbocycles. The summed E-state index contributed by atoms with van der Waals surface area (Å²) in [6.07, 6.45) is 0.965. The topological polar surface area (TPSA) is 49.8 Å². The van der Waals surface area contributed by atoms with Crippen molar-refractivity contribution in [2.24, 2.45) is 0 Å².